The molecule has 22 atom stereocenters. The summed E-state index contributed by atoms with van der Waals surface area (Å²) >= 11 is 0. The largest absolute Gasteiger partial charge is 0.480 e. The highest BCUT2D eigenvalue weighted by molar-refractivity contribution is 5.87. The number of aliphatic hydroxyl groups is 9. The zero-order chi connectivity index (χ0) is 46.1. The van der Waals surface area contributed by atoms with Gasteiger partial charge >= 0.3 is 5.97 Å². The molecule has 19 heteroatoms. The van der Waals surface area contributed by atoms with E-state index in [4.69, 9.17) is 28.4 Å². The average Bonchev–Trinajstić information content (AvgIpc) is 3.44. The number of hydrogen-bond donors (Lipinski definition) is 11. The predicted molar refractivity (Wildman–Crippen MR) is 217 cm³/mol. The van der Waals surface area contributed by atoms with Crippen molar-refractivity contribution in [3.05, 3.63) is 12.2 Å². The normalized spacial score (nSPS) is 50.4. The minimum atomic E-state index is -1.90. The van der Waals surface area contributed by atoms with Crippen LogP contribution in [-0.2, 0) is 38.0 Å². The number of carbonyl (C=O) groups is 2. The third-order valence-corrected chi connectivity index (χ3v) is 16.7. The van der Waals surface area contributed by atoms with Crippen LogP contribution in [0, 0.1) is 39.9 Å². The van der Waals surface area contributed by atoms with Crippen molar-refractivity contribution in [1.82, 2.24) is 5.32 Å². The van der Waals surface area contributed by atoms with Gasteiger partial charge < -0.3 is 84.8 Å². The number of aliphatic hydroxyl groups excluding tert-OH is 9. The fraction of sp³-hybridized carbons (Fsp3) is 0.909. The van der Waals surface area contributed by atoms with Gasteiger partial charge in [0.1, 0.15) is 61.0 Å². The van der Waals surface area contributed by atoms with Crippen LogP contribution in [0.25, 0.3) is 0 Å². The van der Waals surface area contributed by atoms with Gasteiger partial charge in [0.05, 0.1) is 37.6 Å². The van der Waals surface area contributed by atoms with Crippen molar-refractivity contribution in [1.29, 1.82) is 0 Å². The summed E-state index contributed by atoms with van der Waals surface area (Å²) in [6.45, 7) is 11.9. The maximum Gasteiger partial charge on any atom is 0.326 e. The highest BCUT2D eigenvalue weighted by atomic mass is 16.8. The number of aliphatic carboxylic acids is 1. The molecular weight excluding hydrogens is 830 g/mol. The molecule has 360 valence electrons. The van der Waals surface area contributed by atoms with Gasteiger partial charge in [-0.05, 0) is 85.5 Å². The van der Waals surface area contributed by atoms with E-state index in [1.807, 2.05) is 6.92 Å². The van der Waals surface area contributed by atoms with Crippen LogP contribution in [0.5, 0.6) is 0 Å². The monoisotopic (exact) mass is 901 g/mol. The van der Waals surface area contributed by atoms with Gasteiger partial charge in [0.25, 0.3) is 0 Å². The zero-order valence-corrected chi connectivity index (χ0v) is 36.9. The first-order valence-corrected chi connectivity index (χ1v) is 22.7. The van der Waals surface area contributed by atoms with Crippen LogP contribution in [-0.4, -0.2) is 180 Å². The lowest BCUT2D eigenvalue weighted by Gasteiger charge is -2.64. The Morgan fingerprint density at radius 3 is 1.94 bits per heavy atom. The zero-order valence-electron chi connectivity index (χ0n) is 36.9. The lowest BCUT2D eigenvalue weighted by molar-refractivity contribution is -0.398. The van der Waals surface area contributed by atoms with Gasteiger partial charge in [-0.15, -0.1) is 0 Å². The first-order valence-electron chi connectivity index (χ1n) is 22.7. The Morgan fingerprint density at radius 1 is 0.746 bits per heavy atom. The molecule has 0 radical (unpaired) electrons. The van der Waals surface area contributed by atoms with Crippen molar-refractivity contribution >= 4 is 11.9 Å². The van der Waals surface area contributed by atoms with Crippen molar-refractivity contribution in [2.24, 2.45) is 39.9 Å². The molecule has 19 nitrogen and oxygen atoms in total. The molecule has 7 aliphatic rings. The van der Waals surface area contributed by atoms with E-state index in [0.29, 0.717) is 38.5 Å². The average molecular weight is 902 g/mol. The fourth-order valence-corrected chi connectivity index (χ4v) is 13.1. The van der Waals surface area contributed by atoms with Crippen LogP contribution in [0.3, 0.4) is 0 Å². The number of ether oxygens (including phenoxy) is 6. The van der Waals surface area contributed by atoms with Gasteiger partial charge in [-0.2, -0.15) is 0 Å². The maximum absolute atomic E-state index is 14.2. The van der Waals surface area contributed by atoms with Gasteiger partial charge in [0.2, 0.25) is 5.91 Å². The third-order valence-electron chi connectivity index (χ3n) is 16.7. The van der Waals surface area contributed by atoms with Crippen molar-refractivity contribution in [2.45, 2.75) is 190 Å². The lowest BCUT2D eigenvalue weighted by Crippen LogP contribution is -2.67. The Balaban J connectivity index is 1.19. The molecule has 0 unspecified atom stereocenters. The maximum atomic E-state index is 14.2. The smallest absolute Gasteiger partial charge is 0.326 e. The Hall–Kier alpha value is -1.92. The number of hydrogen-bond acceptors (Lipinski definition) is 17. The summed E-state index contributed by atoms with van der Waals surface area (Å²) in [5.74, 6) is -2.20. The molecule has 0 aromatic carbocycles. The number of fused-ring (bicyclic) bond motifs is 3. The first-order chi connectivity index (χ1) is 29.6. The van der Waals surface area contributed by atoms with Gasteiger partial charge in [-0.3, -0.25) is 4.79 Å². The molecule has 0 aromatic heterocycles. The number of nitrogens with one attached hydrogen (secondary N) is 1. The van der Waals surface area contributed by atoms with E-state index in [1.165, 1.54) is 0 Å². The van der Waals surface area contributed by atoms with Crippen LogP contribution in [0.15, 0.2) is 12.2 Å². The lowest BCUT2D eigenvalue weighted by atomic mass is 9.40. The number of amides is 1. The molecule has 2 bridgehead atoms. The number of carboxylic acid groups (broad SMARTS) is 1. The summed E-state index contributed by atoms with van der Waals surface area (Å²) in [6.07, 6.45) is -16.2. The highest BCUT2D eigenvalue weighted by Gasteiger charge is 2.69. The topological polar surface area (TPSA) is 304 Å². The second-order valence-corrected chi connectivity index (χ2v) is 20.6. The summed E-state index contributed by atoms with van der Waals surface area (Å²) in [7, 11) is 0. The Kier molecular flexibility index (Phi) is 14.2. The predicted octanol–water partition coefficient (Wildman–Crippen LogP) is -0.956. The molecule has 1 spiro atoms. The van der Waals surface area contributed by atoms with E-state index in [2.05, 4.69) is 18.8 Å². The Bertz CT molecular complexity index is 1670. The molecule has 63 heavy (non-hydrogen) atoms. The van der Waals surface area contributed by atoms with Gasteiger partial charge in [0.15, 0.2) is 18.9 Å². The van der Waals surface area contributed by atoms with Crippen molar-refractivity contribution in [3.8, 4) is 0 Å². The Morgan fingerprint density at radius 2 is 1.32 bits per heavy atom. The molecule has 3 saturated heterocycles. The molecule has 3 heterocycles. The van der Waals surface area contributed by atoms with Crippen molar-refractivity contribution < 1.29 is 89.1 Å². The van der Waals surface area contributed by atoms with E-state index in [1.54, 1.807) is 20.8 Å². The standard InChI is InChI=1S/C44H71NO18/c1-19(2)27(36(55)56)45-40(57)42(6)11-7-10-41(5)25(42)8-12-43-14-20(3)44(18-43,13-9-26(41)43)63-39-35(62-38-33(54)31(52)29(50)23(16-47)59-38)34(30(51)24(17-48)60-39)61-37-32(53)28(49)21(4)22(15-46)58-37/h19,21-35,37-39,46-54H,3,7-18H2,1-2,4-6H3,(H,45,57)(H,55,56)/t21-,22-,23-,24-,25+,26+,27+,28+,29-,30-,31+,32-,33-,34+,35-,37+,38+,39+,41-,42-,43-,44+/m1/s1. The van der Waals surface area contributed by atoms with Crippen molar-refractivity contribution in [3.63, 3.8) is 0 Å². The Labute approximate surface area is 367 Å². The summed E-state index contributed by atoms with van der Waals surface area (Å²) < 4.78 is 37.4. The highest BCUT2D eigenvalue weighted by Crippen LogP contribution is 2.73. The summed E-state index contributed by atoms with van der Waals surface area (Å²) in [6, 6.07) is -1.01. The van der Waals surface area contributed by atoms with E-state index >= 15 is 0 Å². The summed E-state index contributed by atoms with van der Waals surface area (Å²) in [4.78, 5) is 26.3. The van der Waals surface area contributed by atoms with E-state index in [-0.39, 0.29) is 34.5 Å². The quantitative estimate of drug-likeness (QED) is 0.0784. The van der Waals surface area contributed by atoms with Gasteiger partial charge in [-0.1, -0.05) is 47.6 Å². The molecule has 11 N–H and O–H groups in total. The van der Waals surface area contributed by atoms with Crippen LogP contribution >= 0.6 is 0 Å². The molecule has 7 rings (SSSR count). The summed E-state index contributed by atoms with van der Waals surface area (Å²) in [5.41, 5.74) is -1.66. The summed E-state index contributed by atoms with van der Waals surface area (Å²) in [5, 5.41) is 109. The van der Waals surface area contributed by atoms with Crippen LogP contribution in [0.1, 0.15) is 92.4 Å². The fourth-order valence-electron chi connectivity index (χ4n) is 13.1. The van der Waals surface area contributed by atoms with Gasteiger partial charge in [-0.25, -0.2) is 4.79 Å². The van der Waals surface area contributed by atoms with Crippen molar-refractivity contribution in [2.75, 3.05) is 19.8 Å². The van der Waals surface area contributed by atoms with E-state index < -0.39 is 135 Å². The number of carboxylic acids is 1. The molecule has 1 amide bonds. The second kappa shape index (κ2) is 18.3. The van der Waals surface area contributed by atoms with Crippen LogP contribution in [0.2, 0.25) is 0 Å². The second-order valence-electron chi connectivity index (χ2n) is 20.6. The first kappa shape index (κ1) is 49.0. The van der Waals surface area contributed by atoms with Gasteiger partial charge in [0, 0.05) is 11.3 Å². The minimum absolute atomic E-state index is 0.0229. The molecule has 4 saturated carbocycles. The molecule has 0 aromatic rings. The molecule has 4 aliphatic carbocycles. The van der Waals surface area contributed by atoms with Crippen LogP contribution < -0.4 is 5.32 Å². The van der Waals surface area contributed by atoms with E-state index in [9.17, 15) is 60.7 Å². The number of rotatable bonds is 13. The molecule has 7 fully saturated rings. The SMILES string of the molecule is C=C1C[C@@]23CC[C@H]4[C@@](C)(CCC[C@@]4(C)C(=O)N[C@H](C(=O)O)C(C)C)[C@@H]2CC[C@]1(O[C@@H]1O[C@H](CO)[C@@H](O)[C@H](O[C@@H]2O[C@H](CO)[C@@H](C)[C@H](O)[C@H]2O)[C@H]1O[C@@H]1O[C@H](CO)[C@@H](O)[C@H](O)[C@H]1O)C3. The van der Waals surface area contributed by atoms with E-state index in [0.717, 1.165) is 24.8 Å². The van der Waals surface area contributed by atoms with Crippen LogP contribution in [0.4, 0.5) is 0 Å². The number of carbonyl (C=O) groups excluding carboxylic acids is 1. The molecule has 3 aliphatic heterocycles. The molecular formula is C44H71NO18. The third kappa shape index (κ3) is 8.32. The minimum Gasteiger partial charge on any atom is -0.480 e.